The summed E-state index contributed by atoms with van der Waals surface area (Å²) in [7, 11) is 3.73. The fourth-order valence-electron chi connectivity index (χ4n) is 5.03. The first-order valence-electron chi connectivity index (χ1n) is 12.3. The fraction of sp³-hybridized carbons (Fsp3) is 0.423. The number of aromatic nitrogens is 3. The van der Waals surface area contributed by atoms with Gasteiger partial charge < -0.3 is 20.4 Å². The highest BCUT2D eigenvalue weighted by molar-refractivity contribution is 6.33. The van der Waals surface area contributed by atoms with Crippen LogP contribution in [0.1, 0.15) is 35.5 Å². The molecule has 190 valence electrons. The average Bonchev–Trinajstić information content (AvgIpc) is 3.33. The maximum absolute atomic E-state index is 13.2. The molecule has 1 amide bonds. The van der Waals surface area contributed by atoms with E-state index in [9.17, 15) is 4.79 Å². The zero-order chi connectivity index (χ0) is 25.6. The molecule has 0 radical (unpaired) electrons. The third-order valence-electron chi connectivity index (χ3n) is 7.03. The minimum atomic E-state index is 0.0182. The first kappa shape index (κ1) is 24.4. The predicted octanol–water partition coefficient (Wildman–Crippen LogP) is 4.38. The average molecular weight is 509 g/mol. The van der Waals surface area contributed by atoms with E-state index in [2.05, 4.69) is 50.4 Å². The third kappa shape index (κ3) is 4.60. The number of aryl methyl sites for hydroxylation is 2. The van der Waals surface area contributed by atoms with E-state index in [-0.39, 0.29) is 5.91 Å². The van der Waals surface area contributed by atoms with Gasteiger partial charge in [-0.15, -0.1) is 0 Å². The van der Waals surface area contributed by atoms with Crippen molar-refractivity contribution in [1.29, 1.82) is 0 Å². The number of benzene rings is 1. The Morgan fingerprint density at radius 3 is 2.44 bits per heavy atom. The minimum Gasteiger partial charge on any atom is -0.369 e. The molecule has 0 atom stereocenters. The van der Waals surface area contributed by atoms with Crippen LogP contribution in [-0.4, -0.2) is 69.7 Å². The number of amides is 1. The number of halogens is 1. The second-order valence-corrected chi connectivity index (χ2v) is 10.3. The SMILES string of the molecule is Cc1nn(C)cc1Nc1cc(Nc2ccc(N3CCN(C(C)C)CC3)c3c2C(=O)N(C)C3)c(Cl)cn1. The first-order chi connectivity index (χ1) is 17.2. The normalized spacial score (nSPS) is 16.1. The van der Waals surface area contributed by atoms with Gasteiger partial charge in [0.2, 0.25) is 0 Å². The van der Waals surface area contributed by atoms with Gasteiger partial charge >= 0.3 is 0 Å². The van der Waals surface area contributed by atoms with Gasteiger partial charge in [-0.3, -0.25) is 14.4 Å². The lowest BCUT2D eigenvalue weighted by Crippen LogP contribution is -2.49. The molecule has 0 spiro atoms. The van der Waals surface area contributed by atoms with E-state index in [1.54, 1.807) is 15.8 Å². The van der Waals surface area contributed by atoms with Crippen LogP contribution in [0.2, 0.25) is 5.02 Å². The Morgan fingerprint density at radius 2 is 1.78 bits per heavy atom. The summed E-state index contributed by atoms with van der Waals surface area (Å²) in [6, 6.07) is 6.52. The van der Waals surface area contributed by atoms with Gasteiger partial charge in [-0.2, -0.15) is 5.10 Å². The summed E-state index contributed by atoms with van der Waals surface area (Å²) in [5.41, 5.74) is 6.11. The summed E-state index contributed by atoms with van der Waals surface area (Å²) in [6.07, 6.45) is 3.51. The first-order valence-corrected chi connectivity index (χ1v) is 12.7. The van der Waals surface area contributed by atoms with Gasteiger partial charge in [0.05, 0.1) is 39.5 Å². The predicted molar refractivity (Wildman–Crippen MR) is 145 cm³/mol. The number of piperazine rings is 1. The number of hydrogen-bond donors (Lipinski definition) is 2. The van der Waals surface area contributed by atoms with Crippen molar-refractivity contribution in [3.63, 3.8) is 0 Å². The lowest BCUT2D eigenvalue weighted by Gasteiger charge is -2.39. The van der Waals surface area contributed by atoms with Gasteiger partial charge in [0, 0.05) is 76.4 Å². The number of nitrogens with one attached hydrogen (secondary N) is 2. The van der Waals surface area contributed by atoms with Crippen molar-refractivity contribution >= 4 is 46.1 Å². The van der Waals surface area contributed by atoms with Crippen molar-refractivity contribution in [2.24, 2.45) is 7.05 Å². The Hall–Kier alpha value is -3.30. The van der Waals surface area contributed by atoms with Crippen molar-refractivity contribution in [3.05, 3.63) is 52.4 Å². The molecule has 1 saturated heterocycles. The third-order valence-corrected chi connectivity index (χ3v) is 7.33. The Balaban J connectivity index is 1.43. The minimum absolute atomic E-state index is 0.0182. The van der Waals surface area contributed by atoms with Crippen molar-refractivity contribution in [1.82, 2.24) is 24.6 Å². The molecule has 10 heteroatoms. The Bertz CT molecular complexity index is 1300. The molecule has 5 rings (SSSR count). The number of carbonyl (C=O) groups excluding carboxylic acids is 1. The van der Waals surface area contributed by atoms with Crippen LogP contribution in [0.4, 0.5) is 28.6 Å². The molecule has 2 N–H and O–H groups in total. The highest BCUT2D eigenvalue weighted by Crippen LogP contribution is 2.39. The monoisotopic (exact) mass is 508 g/mol. The van der Waals surface area contributed by atoms with E-state index < -0.39 is 0 Å². The van der Waals surface area contributed by atoms with Crippen LogP contribution < -0.4 is 15.5 Å². The highest BCUT2D eigenvalue weighted by atomic mass is 35.5. The number of rotatable bonds is 6. The topological polar surface area (TPSA) is 81.6 Å². The van der Waals surface area contributed by atoms with E-state index in [4.69, 9.17) is 11.6 Å². The van der Waals surface area contributed by atoms with Crippen LogP contribution in [0, 0.1) is 6.92 Å². The molecule has 0 bridgehead atoms. The van der Waals surface area contributed by atoms with Crippen LogP contribution in [0.25, 0.3) is 0 Å². The summed E-state index contributed by atoms with van der Waals surface area (Å²) in [4.78, 5) is 24.3. The molecule has 2 aliphatic rings. The van der Waals surface area contributed by atoms with Crippen molar-refractivity contribution < 1.29 is 4.79 Å². The molecular formula is C26H33ClN8O. The summed E-state index contributed by atoms with van der Waals surface area (Å²) in [5.74, 6) is 0.655. The zero-order valence-electron chi connectivity index (χ0n) is 21.5. The summed E-state index contributed by atoms with van der Waals surface area (Å²) < 4.78 is 1.75. The fourth-order valence-corrected chi connectivity index (χ4v) is 5.18. The van der Waals surface area contributed by atoms with Gasteiger partial charge in [-0.1, -0.05) is 11.6 Å². The number of anilines is 5. The van der Waals surface area contributed by atoms with Gasteiger partial charge in [0.25, 0.3) is 5.91 Å². The molecule has 2 aliphatic heterocycles. The van der Waals surface area contributed by atoms with Gasteiger partial charge in [-0.05, 0) is 32.9 Å². The van der Waals surface area contributed by atoms with Crippen LogP contribution in [-0.2, 0) is 13.6 Å². The maximum atomic E-state index is 13.2. The van der Waals surface area contributed by atoms with Crippen molar-refractivity contribution in [2.45, 2.75) is 33.4 Å². The van der Waals surface area contributed by atoms with E-state index >= 15 is 0 Å². The zero-order valence-corrected chi connectivity index (χ0v) is 22.2. The van der Waals surface area contributed by atoms with Gasteiger partial charge in [0.1, 0.15) is 5.82 Å². The number of pyridine rings is 1. The van der Waals surface area contributed by atoms with Crippen molar-refractivity contribution in [3.8, 4) is 0 Å². The van der Waals surface area contributed by atoms with E-state index in [1.165, 1.54) is 0 Å². The van der Waals surface area contributed by atoms with Crippen LogP contribution >= 0.6 is 11.6 Å². The largest absolute Gasteiger partial charge is 0.369 e. The molecule has 0 unspecified atom stereocenters. The summed E-state index contributed by atoms with van der Waals surface area (Å²) in [5, 5.41) is 11.6. The quantitative estimate of drug-likeness (QED) is 0.511. The van der Waals surface area contributed by atoms with Crippen LogP contribution in [0.5, 0.6) is 0 Å². The summed E-state index contributed by atoms with van der Waals surface area (Å²) in [6.45, 7) is 11.0. The van der Waals surface area contributed by atoms with Crippen LogP contribution in [0.3, 0.4) is 0 Å². The van der Waals surface area contributed by atoms with E-state index in [0.717, 1.165) is 54.5 Å². The molecule has 9 nitrogen and oxygen atoms in total. The molecule has 4 heterocycles. The Morgan fingerprint density at radius 1 is 1.03 bits per heavy atom. The molecule has 3 aromatic rings. The molecule has 1 aromatic carbocycles. The van der Waals surface area contributed by atoms with Crippen LogP contribution in [0.15, 0.2) is 30.6 Å². The van der Waals surface area contributed by atoms with Crippen molar-refractivity contribution in [2.75, 3.05) is 48.8 Å². The van der Waals surface area contributed by atoms with Gasteiger partial charge in [0.15, 0.2) is 0 Å². The molecule has 2 aromatic heterocycles. The van der Waals surface area contributed by atoms with E-state index in [1.807, 2.05) is 39.3 Å². The Labute approximate surface area is 217 Å². The molecular weight excluding hydrogens is 476 g/mol. The Kier molecular flexibility index (Phi) is 6.53. The van der Waals surface area contributed by atoms with E-state index in [0.29, 0.717) is 34.7 Å². The smallest absolute Gasteiger partial charge is 0.256 e. The van der Waals surface area contributed by atoms with Gasteiger partial charge in [-0.25, -0.2) is 4.98 Å². The number of hydrogen-bond acceptors (Lipinski definition) is 7. The molecule has 0 aliphatic carbocycles. The standard InChI is InChI=1S/C26H33ClN8O/c1-16(2)34-8-10-35(11-9-34)23-7-6-20(25-18(23)14-32(4)26(25)36)29-21-12-24(28-13-19(21)27)30-22-15-33(5)31-17(22)3/h6-7,12-13,15-16H,8-11,14H2,1-5H3,(H2,28,29,30). The number of nitrogens with zero attached hydrogens (tertiary/aromatic N) is 6. The second-order valence-electron chi connectivity index (χ2n) is 9.87. The lowest BCUT2D eigenvalue weighted by molar-refractivity contribution is 0.0817. The highest BCUT2D eigenvalue weighted by Gasteiger charge is 2.32. The molecule has 36 heavy (non-hydrogen) atoms. The lowest BCUT2D eigenvalue weighted by atomic mass is 10.0. The molecule has 0 saturated carbocycles. The maximum Gasteiger partial charge on any atom is 0.256 e. The molecule has 1 fully saturated rings. The number of carbonyl (C=O) groups is 1. The second kappa shape index (κ2) is 9.63. The number of fused-ring (bicyclic) bond motifs is 1. The summed E-state index contributed by atoms with van der Waals surface area (Å²) >= 11 is 6.52.